The number of carbonyl (C=O) groups is 1. The van der Waals surface area contributed by atoms with Crippen LogP contribution in [0.4, 0.5) is 0 Å². The van der Waals surface area contributed by atoms with E-state index < -0.39 is 0 Å². The number of aromatic nitrogens is 4. The summed E-state index contributed by atoms with van der Waals surface area (Å²) in [7, 11) is 0. The van der Waals surface area contributed by atoms with Gasteiger partial charge < -0.3 is 14.3 Å². The van der Waals surface area contributed by atoms with Gasteiger partial charge in [0.15, 0.2) is 5.82 Å². The Balaban J connectivity index is 1.39. The first kappa shape index (κ1) is 16.5. The smallest absolute Gasteiger partial charge is 0.226 e. The summed E-state index contributed by atoms with van der Waals surface area (Å²) in [5.74, 6) is 2.93. The number of hydrogen-bond acceptors (Lipinski definition) is 5. The number of nitrogens with zero attached hydrogens (tertiary/aromatic N) is 4. The number of rotatable bonds is 5. The molecule has 0 saturated heterocycles. The van der Waals surface area contributed by atoms with Crippen LogP contribution in [0.1, 0.15) is 35.9 Å². The number of carbonyl (C=O) groups excluding carboxylic acids is 1. The van der Waals surface area contributed by atoms with Gasteiger partial charge >= 0.3 is 0 Å². The van der Waals surface area contributed by atoms with E-state index >= 15 is 0 Å². The zero-order valence-electron chi connectivity index (χ0n) is 14.7. The highest BCUT2D eigenvalue weighted by Gasteiger charge is 2.18. The van der Waals surface area contributed by atoms with Crippen molar-refractivity contribution in [3.8, 4) is 11.5 Å². The van der Waals surface area contributed by atoms with Gasteiger partial charge in [-0.3, -0.25) is 4.79 Å². The molecule has 0 atom stereocenters. The van der Waals surface area contributed by atoms with Crippen LogP contribution in [0.25, 0.3) is 11.5 Å². The van der Waals surface area contributed by atoms with Crippen LogP contribution in [-0.2, 0) is 30.7 Å². The van der Waals surface area contributed by atoms with Crippen molar-refractivity contribution in [2.45, 2.75) is 45.7 Å². The molecule has 3 aromatic rings. The van der Waals surface area contributed by atoms with Crippen LogP contribution in [0.3, 0.4) is 0 Å². The average Bonchev–Trinajstić information content (AvgIpc) is 3.25. The molecule has 0 spiro atoms. The van der Waals surface area contributed by atoms with Crippen LogP contribution in [0.15, 0.2) is 34.7 Å². The van der Waals surface area contributed by atoms with Gasteiger partial charge in [0.1, 0.15) is 11.6 Å². The molecule has 1 amide bonds. The minimum Gasteiger partial charge on any atom is -0.441 e. The fourth-order valence-corrected chi connectivity index (χ4v) is 3.19. The summed E-state index contributed by atoms with van der Waals surface area (Å²) >= 11 is 0. The van der Waals surface area contributed by atoms with Gasteiger partial charge in [-0.1, -0.05) is 18.2 Å². The van der Waals surface area contributed by atoms with Gasteiger partial charge in [0.05, 0.1) is 18.7 Å². The summed E-state index contributed by atoms with van der Waals surface area (Å²) in [6.45, 7) is 3.14. The molecule has 7 nitrogen and oxygen atoms in total. The predicted octanol–water partition coefficient (Wildman–Crippen LogP) is 2.44. The summed E-state index contributed by atoms with van der Waals surface area (Å²) in [5.41, 5.74) is 1.56. The van der Waals surface area contributed by atoms with Gasteiger partial charge in [0.2, 0.25) is 11.8 Å². The first-order valence-electron chi connectivity index (χ1n) is 8.90. The fourth-order valence-electron chi connectivity index (χ4n) is 3.19. The normalized spacial score (nSPS) is 13.4. The highest BCUT2D eigenvalue weighted by molar-refractivity contribution is 5.78. The molecule has 7 heteroatoms. The van der Waals surface area contributed by atoms with Crippen molar-refractivity contribution in [1.82, 2.24) is 25.1 Å². The Hall–Kier alpha value is -2.96. The number of oxazole rings is 1. The van der Waals surface area contributed by atoms with Crippen molar-refractivity contribution in [1.29, 1.82) is 0 Å². The third-order valence-corrected chi connectivity index (χ3v) is 4.62. The molecule has 0 radical (unpaired) electrons. The van der Waals surface area contributed by atoms with Crippen LogP contribution < -0.4 is 5.32 Å². The van der Waals surface area contributed by atoms with Crippen molar-refractivity contribution >= 4 is 5.91 Å². The zero-order chi connectivity index (χ0) is 17.9. The van der Waals surface area contributed by atoms with Crippen LogP contribution in [0.2, 0.25) is 0 Å². The lowest BCUT2D eigenvalue weighted by Gasteiger charge is -2.14. The SMILES string of the molecule is Cc1oc(-c2ccccc2)nc1CC(=O)NCc1nnc2n1CCCC2. The largest absolute Gasteiger partial charge is 0.441 e. The van der Waals surface area contributed by atoms with E-state index in [1.54, 1.807) is 0 Å². The maximum atomic E-state index is 12.3. The standard InChI is InChI=1S/C19H21N5O2/c1-13-15(21-19(26-13)14-7-3-2-4-8-14)11-18(25)20-12-17-23-22-16-9-5-6-10-24(16)17/h2-4,7-8H,5-6,9-12H2,1H3,(H,20,25). The number of nitrogens with one attached hydrogen (secondary N) is 1. The third-order valence-electron chi connectivity index (χ3n) is 4.62. The lowest BCUT2D eigenvalue weighted by molar-refractivity contribution is -0.120. The summed E-state index contributed by atoms with van der Waals surface area (Å²) in [4.78, 5) is 16.8. The zero-order valence-corrected chi connectivity index (χ0v) is 14.7. The first-order chi connectivity index (χ1) is 12.7. The molecule has 1 aromatic carbocycles. The molecule has 3 heterocycles. The van der Waals surface area contributed by atoms with Crippen molar-refractivity contribution in [3.63, 3.8) is 0 Å². The van der Waals surface area contributed by atoms with Gasteiger partial charge in [-0.05, 0) is 31.9 Å². The quantitative estimate of drug-likeness (QED) is 0.763. The minimum atomic E-state index is -0.103. The summed E-state index contributed by atoms with van der Waals surface area (Å²) < 4.78 is 7.82. The Kier molecular flexibility index (Phi) is 4.51. The molecule has 0 aliphatic carbocycles. The van der Waals surface area contributed by atoms with Gasteiger partial charge in [0.25, 0.3) is 0 Å². The number of hydrogen-bond donors (Lipinski definition) is 1. The molecule has 1 N–H and O–H groups in total. The number of amides is 1. The second-order valence-corrected chi connectivity index (χ2v) is 6.48. The van der Waals surface area contributed by atoms with Gasteiger partial charge in [0, 0.05) is 18.5 Å². The molecule has 4 rings (SSSR count). The second kappa shape index (κ2) is 7.11. The lowest BCUT2D eigenvalue weighted by atomic mass is 10.2. The van der Waals surface area contributed by atoms with Crippen molar-refractivity contribution in [3.05, 3.63) is 53.4 Å². The van der Waals surface area contributed by atoms with E-state index in [2.05, 4.69) is 25.1 Å². The van der Waals surface area contributed by atoms with E-state index in [0.29, 0.717) is 23.9 Å². The highest BCUT2D eigenvalue weighted by Crippen LogP contribution is 2.21. The van der Waals surface area contributed by atoms with E-state index in [4.69, 9.17) is 4.42 Å². The Bertz CT molecular complexity index is 913. The lowest BCUT2D eigenvalue weighted by Crippen LogP contribution is -2.27. The van der Waals surface area contributed by atoms with E-state index in [1.165, 1.54) is 0 Å². The molecule has 2 aromatic heterocycles. The number of fused-ring (bicyclic) bond motifs is 1. The molecule has 0 bridgehead atoms. The van der Waals surface area contributed by atoms with Gasteiger partial charge in [-0.2, -0.15) is 0 Å². The van der Waals surface area contributed by atoms with Crippen molar-refractivity contribution < 1.29 is 9.21 Å². The molecule has 1 aliphatic rings. The van der Waals surface area contributed by atoms with Gasteiger partial charge in [-0.15, -0.1) is 10.2 Å². The third kappa shape index (κ3) is 3.37. The minimum absolute atomic E-state index is 0.103. The van der Waals surface area contributed by atoms with Crippen LogP contribution in [0, 0.1) is 6.92 Å². The Morgan fingerprint density at radius 2 is 2.08 bits per heavy atom. The molecular formula is C19H21N5O2. The fraction of sp³-hybridized carbons (Fsp3) is 0.368. The van der Waals surface area contributed by atoms with E-state index in [0.717, 1.165) is 43.0 Å². The van der Waals surface area contributed by atoms with Crippen LogP contribution in [-0.4, -0.2) is 25.7 Å². The van der Waals surface area contributed by atoms with E-state index in [1.807, 2.05) is 37.3 Å². The highest BCUT2D eigenvalue weighted by atomic mass is 16.4. The predicted molar refractivity (Wildman–Crippen MR) is 95.2 cm³/mol. The second-order valence-electron chi connectivity index (χ2n) is 6.48. The Morgan fingerprint density at radius 3 is 2.92 bits per heavy atom. The Labute approximate surface area is 151 Å². The molecule has 26 heavy (non-hydrogen) atoms. The summed E-state index contributed by atoms with van der Waals surface area (Å²) in [6.07, 6.45) is 3.43. The van der Waals surface area contributed by atoms with Crippen molar-refractivity contribution in [2.75, 3.05) is 0 Å². The van der Waals surface area contributed by atoms with Crippen LogP contribution in [0.5, 0.6) is 0 Å². The van der Waals surface area contributed by atoms with Crippen LogP contribution >= 0.6 is 0 Å². The molecular weight excluding hydrogens is 330 g/mol. The van der Waals surface area contributed by atoms with E-state index in [-0.39, 0.29) is 12.3 Å². The Morgan fingerprint density at radius 1 is 1.23 bits per heavy atom. The van der Waals surface area contributed by atoms with Crippen molar-refractivity contribution in [2.24, 2.45) is 0 Å². The van der Waals surface area contributed by atoms with Gasteiger partial charge in [-0.25, -0.2) is 4.98 Å². The summed E-state index contributed by atoms with van der Waals surface area (Å²) in [6, 6.07) is 9.67. The molecule has 0 unspecified atom stereocenters. The first-order valence-corrected chi connectivity index (χ1v) is 8.90. The summed E-state index contributed by atoms with van der Waals surface area (Å²) in [5, 5.41) is 11.3. The van der Waals surface area contributed by atoms with E-state index in [9.17, 15) is 4.79 Å². The molecule has 1 aliphatic heterocycles. The molecule has 0 fully saturated rings. The number of benzene rings is 1. The molecule has 0 saturated carbocycles. The molecule has 134 valence electrons. The number of aryl methyl sites for hydroxylation is 2. The average molecular weight is 351 g/mol. The maximum absolute atomic E-state index is 12.3. The monoisotopic (exact) mass is 351 g/mol. The topological polar surface area (TPSA) is 85.8 Å². The maximum Gasteiger partial charge on any atom is 0.226 e.